The second-order valence-corrected chi connectivity index (χ2v) is 5.14. The summed E-state index contributed by atoms with van der Waals surface area (Å²) < 4.78 is 5.41. The molecule has 0 saturated heterocycles. The van der Waals surface area contributed by atoms with Gasteiger partial charge in [-0.25, -0.2) is 4.79 Å². The zero-order valence-corrected chi connectivity index (χ0v) is 12.6. The summed E-state index contributed by atoms with van der Waals surface area (Å²) in [4.78, 5) is 14.0. The fraction of sp³-hybridized carbons (Fsp3) is 0.312. The predicted molar refractivity (Wildman–Crippen MR) is 83.3 cm³/mol. The van der Waals surface area contributed by atoms with Crippen molar-refractivity contribution in [1.29, 1.82) is 0 Å². The molecule has 5 heteroatoms. The number of hydrogen-bond donors (Lipinski definition) is 2. The van der Waals surface area contributed by atoms with E-state index in [4.69, 9.17) is 4.42 Å². The highest BCUT2D eigenvalue weighted by molar-refractivity contribution is 5.90. The van der Waals surface area contributed by atoms with Gasteiger partial charge in [0.25, 0.3) is 0 Å². The molecule has 0 saturated carbocycles. The molecule has 2 N–H and O–H groups in total. The first kappa shape index (κ1) is 15.1. The topological polar surface area (TPSA) is 57.5 Å². The SMILES string of the molecule is Cc1ccccc1NC(=O)NCC(c1ccco1)N(C)C. The third-order valence-electron chi connectivity index (χ3n) is 3.34. The summed E-state index contributed by atoms with van der Waals surface area (Å²) in [6.07, 6.45) is 1.64. The highest BCUT2D eigenvalue weighted by Crippen LogP contribution is 2.18. The molecule has 0 aliphatic carbocycles. The van der Waals surface area contributed by atoms with Gasteiger partial charge in [-0.1, -0.05) is 18.2 Å². The number of rotatable bonds is 5. The highest BCUT2D eigenvalue weighted by atomic mass is 16.3. The number of amides is 2. The Labute approximate surface area is 124 Å². The molecule has 1 aromatic heterocycles. The van der Waals surface area contributed by atoms with Crippen LogP contribution in [0, 0.1) is 6.92 Å². The largest absolute Gasteiger partial charge is 0.468 e. The van der Waals surface area contributed by atoms with E-state index in [1.165, 1.54) is 0 Å². The maximum atomic E-state index is 12.0. The number of aryl methyl sites for hydroxylation is 1. The molecule has 5 nitrogen and oxygen atoms in total. The molecule has 112 valence electrons. The molecule has 0 fully saturated rings. The van der Waals surface area contributed by atoms with E-state index in [0.29, 0.717) is 6.54 Å². The molecule has 0 radical (unpaired) electrons. The maximum absolute atomic E-state index is 12.0. The van der Waals surface area contributed by atoms with Crippen LogP contribution in [0.25, 0.3) is 0 Å². The van der Waals surface area contributed by atoms with Gasteiger partial charge in [0.1, 0.15) is 5.76 Å². The number of urea groups is 1. The molecular formula is C16H21N3O2. The van der Waals surface area contributed by atoms with Crippen molar-refractivity contribution in [3.63, 3.8) is 0 Å². The van der Waals surface area contributed by atoms with Crippen LogP contribution < -0.4 is 10.6 Å². The van der Waals surface area contributed by atoms with Gasteiger partial charge in [-0.05, 0) is 44.8 Å². The zero-order chi connectivity index (χ0) is 15.2. The molecule has 1 atom stereocenters. The zero-order valence-electron chi connectivity index (χ0n) is 12.6. The number of anilines is 1. The van der Waals surface area contributed by atoms with Crippen molar-refractivity contribution in [2.24, 2.45) is 0 Å². The van der Waals surface area contributed by atoms with E-state index in [1.807, 2.05) is 62.3 Å². The highest BCUT2D eigenvalue weighted by Gasteiger charge is 2.17. The lowest BCUT2D eigenvalue weighted by molar-refractivity contribution is 0.233. The van der Waals surface area contributed by atoms with Crippen molar-refractivity contribution in [2.45, 2.75) is 13.0 Å². The van der Waals surface area contributed by atoms with E-state index >= 15 is 0 Å². The average molecular weight is 287 g/mol. The molecule has 2 rings (SSSR count). The van der Waals surface area contributed by atoms with Crippen LogP contribution in [0.4, 0.5) is 10.5 Å². The maximum Gasteiger partial charge on any atom is 0.319 e. The fourth-order valence-electron chi connectivity index (χ4n) is 2.09. The van der Waals surface area contributed by atoms with Gasteiger partial charge in [0.05, 0.1) is 12.3 Å². The summed E-state index contributed by atoms with van der Waals surface area (Å²) in [5.41, 5.74) is 1.84. The number of nitrogens with zero attached hydrogens (tertiary/aromatic N) is 1. The van der Waals surface area contributed by atoms with E-state index in [9.17, 15) is 4.79 Å². The Bertz CT molecular complexity index is 579. The molecule has 1 heterocycles. The molecule has 0 bridgehead atoms. The van der Waals surface area contributed by atoms with Crippen LogP contribution in [-0.2, 0) is 0 Å². The second-order valence-electron chi connectivity index (χ2n) is 5.14. The number of carbonyl (C=O) groups excluding carboxylic acids is 1. The predicted octanol–water partition coefficient (Wildman–Crippen LogP) is 3.01. The fourth-order valence-corrected chi connectivity index (χ4v) is 2.09. The Morgan fingerprint density at radius 3 is 2.62 bits per heavy atom. The first-order valence-corrected chi connectivity index (χ1v) is 6.88. The van der Waals surface area contributed by atoms with E-state index in [0.717, 1.165) is 17.0 Å². The summed E-state index contributed by atoms with van der Waals surface area (Å²) in [6.45, 7) is 2.43. The normalized spacial score (nSPS) is 12.2. The minimum Gasteiger partial charge on any atom is -0.468 e. The smallest absolute Gasteiger partial charge is 0.319 e. The molecule has 0 spiro atoms. The third kappa shape index (κ3) is 4.10. The number of para-hydroxylation sites is 1. The Morgan fingerprint density at radius 1 is 1.24 bits per heavy atom. The standard InChI is InChI=1S/C16H21N3O2/c1-12-7-4-5-8-13(12)18-16(20)17-11-14(19(2)3)15-9-6-10-21-15/h4-10,14H,11H2,1-3H3,(H2,17,18,20). The van der Waals surface area contributed by atoms with Crippen LogP contribution in [0.5, 0.6) is 0 Å². The molecule has 2 amide bonds. The lowest BCUT2D eigenvalue weighted by Crippen LogP contribution is -2.36. The molecule has 0 aliphatic heterocycles. The van der Waals surface area contributed by atoms with Crippen molar-refractivity contribution in [3.8, 4) is 0 Å². The Morgan fingerprint density at radius 2 is 2.00 bits per heavy atom. The lowest BCUT2D eigenvalue weighted by atomic mass is 10.2. The van der Waals surface area contributed by atoms with Gasteiger partial charge in [0, 0.05) is 12.2 Å². The van der Waals surface area contributed by atoms with Crippen molar-refractivity contribution >= 4 is 11.7 Å². The van der Waals surface area contributed by atoms with E-state index in [-0.39, 0.29) is 12.1 Å². The summed E-state index contributed by atoms with van der Waals surface area (Å²) in [5.74, 6) is 0.830. The van der Waals surface area contributed by atoms with Gasteiger partial charge < -0.3 is 15.1 Å². The number of furan rings is 1. The molecule has 1 unspecified atom stereocenters. The molecule has 1 aromatic carbocycles. The molecule has 0 aliphatic rings. The van der Waals surface area contributed by atoms with E-state index in [1.54, 1.807) is 6.26 Å². The number of nitrogens with one attached hydrogen (secondary N) is 2. The molecular weight excluding hydrogens is 266 g/mol. The van der Waals surface area contributed by atoms with Crippen molar-refractivity contribution in [1.82, 2.24) is 10.2 Å². The summed E-state index contributed by atoms with van der Waals surface area (Å²) in [7, 11) is 3.90. The lowest BCUT2D eigenvalue weighted by Gasteiger charge is -2.22. The van der Waals surface area contributed by atoms with Crippen molar-refractivity contribution < 1.29 is 9.21 Å². The number of likely N-dealkylation sites (N-methyl/N-ethyl adjacent to an activating group) is 1. The quantitative estimate of drug-likeness (QED) is 0.888. The van der Waals surface area contributed by atoms with Gasteiger partial charge >= 0.3 is 6.03 Å². The second kappa shape index (κ2) is 6.95. The van der Waals surface area contributed by atoms with E-state index in [2.05, 4.69) is 10.6 Å². The summed E-state index contributed by atoms with van der Waals surface area (Å²) in [5, 5.41) is 5.73. The van der Waals surface area contributed by atoms with Crippen LogP contribution in [0.1, 0.15) is 17.4 Å². The van der Waals surface area contributed by atoms with Crippen LogP contribution in [-0.4, -0.2) is 31.6 Å². The van der Waals surface area contributed by atoms with Gasteiger partial charge in [-0.15, -0.1) is 0 Å². The van der Waals surface area contributed by atoms with Crippen LogP contribution in [0.2, 0.25) is 0 Å². The van der Waals surface area contributed by atoms with Gasteiger partial charge in [0.2, 0.25) is 0 Å². The summed E-state index contributed by atoms with van der Waals surface area (Å²) in [6, 6.07) is 11.2. The summed E-state index contributed by atoms with van der Waals surface area (Å²) >= 11 is 0. The minimum atomic E-state index is -0.220. The van der Waals surface area contributed by atoms with Crippen LogP contribution in [0.15, 0.2) is 47.1 Å². The van der Waals surface area contributed by atoms with Gasteiger partial charge in [-0.2, -0.15) is 0 Å². The van der Waals surface area contributed by atoms with Crippen LogP contribution in [0.3, 0.4) is 0 Å². The molecule has 2 aromatic rings. The molecule has 21 heavy (non-hydrogen) atoms. The number of carbonyl (C=O) groups is 1. The third-order valence-corrected chi connectivity index (χ3v) is 3.34. The number of hydrogen-bond acceptors (Lipinski definition) is 3. The number of benzene rings is 1. The van der Waals surface area contributed by atoms with Crippen molar-refractivity contribution in [3.05, 3.63) is 54.0 Å². The Hall–Kier alpha value is -2.27. The first-order valence-electron chi connectivity index (χ1n) is 6.88. The Balaban J connectivity index is 1.92. The minimum absolute atomic E-state index is 0.00243. The first-order chi connectivity index (χ1) is 10.1. The van der Waals surface area contributed by atoms with E-state index < -0.39 is 0 Å². The van der Waals surface area contributed by atoms with Crippen molar-refractivity contribution in [2.75, 3.05) is 26.0 Å². The monoisotopic (exact) mass is 287 g/mol. The average Bonchev–Trinajstić information content (AvgIpc) is 2.95. The van der Waals surface area contributed by atoms with Crippen LogP contribution >= 0.6 is 0 Å². The van der Waals surface area contributed by atoms with Gasteiger partial charge in [-0.3, -0.25) is 4.90 Å². The van der Waals surface area contributed by atoms with Gasteiger partial charge in [0.15, 0.2) is 0 Å². The Kier molecular flexibility index (Phi) is 5.00.